The molecule has 0 aliphatic carbocycles. The molecule has 0 saturated heterocycles. The zero-order chi connectivity index (χ0) is 28.5. The number of benzene rings is 2. The van der Waals surface area contributed by atoms with Crippen LogP contribution in [0.25, 0.3) is 55.4 Å². The van der Waals surface area contributed by atoms with Crippen LogP contribution < -0.4 is 0 Å². The maximum atomic E-state index is 5.96. The van der Waals surface area contributed by atoms with E-state index in [9.17, 15) is 0 Å². The first kappa shape index (κ1) is 26.9. The number of aromatic amines is 2. The van der Waals surface area contributed by atoms with Gasteiger partial charge in [-0.3, -0.25) is 9.97 Å². The molecule has 0 unspecified atom stereocenters. The predicted molar refractivity (Wildman–Crippen MR) is 173 cm³/mol. The van der Waals surface area contributed by atoms with Crippen LogP contribution in [0, 0.1) is 20.8 Å². The van der Waals surface area contributed by atoms with Crippen LogP contribution in [0.4, 0.5) is 0 Å². The molecule has 0 saturated carbocycles. The highest BCUT2D eigenvalue weighted by molar-refractivity contribution is 9.10. The molecule has 0 spiro atoms. The maximum Gasteiger partial charge on any atom is 0.129 e. The topological polar surface area (TPSA) is 70.2 Å². The number of H-pyrrole nitrogens is 2. The van der Waals surface area contributed by atoms with Crippen molar-refractivity contribution in [3.8, 4) is 33.6 Å². The lowest BCUT2D eigenvalue weighted by Gasteiger charge is -2.06. The smallest absolute Gasteiger partial charge is 0.129 e. The minimum Gasteiger partial charge on any atom is -0.354 e. The van der Waals surface area contributed by atoms with Crippen LogP contribution in [0.1, 0.15) is 16.7 Å². The molecule has 5 aromatic heterocycles. The Kier molecular flexibility index (Phi) is 7.43. The van der Waals surface area contributed by atoms with E-state index in [4.69, 9.17) is 11.6 Å². The number of aryl methyl sites for hydroxylation is 3. The SMILES string of the molecule is Cc1cc(Cl)ncc1-c1ccc2[nH]c(-c3cnccc3C)cc2c1.Cc1ccncc1-c1cc2cc(Br)ccc2[nH]1. The number of nitrogens with zero attached hydrogens (tertiary/aromatic N) is 3. The summed E-state index contributed by atoms with van der Waals surface area (Å²) >= 11 is 9.45. The van der Waals surface area contributed by atoms with E-state index in [-0.39, 0.29) is 0 Å². The Bertz CT molecular complexity index is 2020. The molecule has 0 amide bonds. The Balaban J connectivity index is 0.000000156. The van der Waals surface area contributed by atoms with Gasteiger partial charge in [-0.25, -0.2) is 4.98 Å². The Morgan fingerprint density at radius 3 is 1.78 bits per heavy atom. The Morgan fingerprint density at radius 1 is 0.610 bits per heavy atom. The molecule has 2 N–H and O–H groups in total. The molecule has 7 heteroatoms. The number of pyridine rings is 3. The number of halogens is 2. The molecule has 0 aliphatic rings. The first-order valence-corrected chi connectivity index (χ1v) is 14.4. The maximum absolute atomic E-state index is 5.96. The van der Waals surface area contributed by atoms with E-state index in [0.29, 0.717) is 5.15 Å². The fourth-order valence-electron chi connectivity index (χ4n) is 5.01. The number of hydrogen-bond acceptors (Lipinski definition) is 3. The van der Waals surface area contributed by atoms with Gasteiger partial charge in [0.05, 0.1) is 0 Å². The fourth-order valence-corrected chi connectivity index (χ4v) is 5.60. The van der Waals surface area contributed by atoms with E-state index in [2.05, 4.69) is 104 Å². The van der Waals surface area contributed by atoms with Gasteiger partial charge in [0.15, 0.2) is 0 Å². The molecule has 0 radical (unpaired) electrons. The summed E-state index contributed by atoms with van der Waals surface area (Å²) in [5.41, 5.74) is 12.5. The summed E-state index contributed by atoms with van der Waals surface area (Å²) in [6, 6.07) is 22.9. The standard InChI is InChI=1S/C20H16ClN3.C14H11BrN2/c1-12-5-6-22-10-17(12)19-9-15-8-14(3-4-18(15)24-19)16-11-23-20(21)7-13(16)2;1-9-4-5-16-8-12(9)14-7-10-6-11(15)2-3-13(10)17-14/h3-11,24H,1-2H3;2-8,17H,1H3. The molecule has 202 valence electrons. The molecule has 0 atom stereocenters. The first-order valence-electron chi connectivity index (χ1n) is 13.2. The van der Waals surface area contributed by atoms with Crippen molar-refractivity contribution in [1.29, 1.82) is 0 Å². The zero-order valence-electron chi connectivity index (χ0n) is 22.8. The quantitative estimate of drug-likeness (QED) is 0.193. The van der Waals surface area contributed by atoms with Crippen molar-refractivity contribution in [2.45, 2.75) is 20.8 Å². The second kappa shape index (κ2) is 11.3. The molecule has 0 aliphatic heterocycles. The van der Waals surface area contributed by atoms with Crippen molar-refractivity contribution in [1.82, 2.24) is 24.9 Å². The average Bonchev–Trinajstić information content (AvgIpc) is 3.57. The van der Waals surface area contributed by atoms with Crippen LogP contribution in [0.5, 0.6) is 0 Å². The van der Waals surface area contributed by atoms with Crippen molar-refractivity contribution >= 4 is 49.3 Å². The minimum absolute atomic E-state index is 0.522. The number of fused-ring (bicyclic) bond motifs is 2. The Morgan fingerprint density at radius 2 is 1.20 bits per heavy atom. The molecule has 5 nitrogen and oxygen atoms in total. The molecule has 7 aromatic rings. The van der Waals surface area contributed by atoms with Gasteiger partial charge in [0.25, 0.3) is 0 Å². The highest BCUT2D eigenvalue weighted by Gasteiger charge is 2.09. The van der Waals surface area contributed by atoms with Crippen LogP contribution in [0.3, 0.4) is 0 Å². The number of hydrogen-bond donors (Lipinski definition) is 2. The fraction of sp³-hybridized carbons (Fsp3) is 0.0882. The van der Waals surface area contributed by atoms with Crippen LogP contribution in [0.2, 0.25) is 5.15 Å². The second-order valence-electron chi connectivity index (χ2n) is 10.1. The van der Waals surface area contributed by atoms with Gasteiger partial charge in [-0.05, 0) is 104 Å². The molecule has 0 fully saturated rings. The van der Waals surface area contributed by atoms with E-state index >= 15 is 0 Å². The van der Waals surface area contributed by atoms with Crippen LogP contribution in [-0.2, 0) is 0 Å². The van der Waals surface area contributed by atoms with E-state index < -0.39 is 0 Å². The van der Waals surface area contributed by atoms with E-state index in [1.54, 1.807) is 0 Å². The van der Waals surface area contributed by atoms with Crippen molar-refractivity contribution in [3.63, 3.8) is 0 Å². The monoisotopic (exact) mass is 619 g/mol. The van der Waals surface area contributed by atoms with Crippen LogP contribution >= 0.6 is 27.5 Å². The lowest BCUT2D eigenvalue weighted by molar-refractivity contribution is 1.27. The number of nitrogens with one attached hydrogen (secondary N) is 2. The zero-order valence-corrected chi connectivity index (χ0v) is 25.2. The third-order valence-corrected chi connectivity index (χ3v) is 7.95. The molecule has 2 aromatic carbocycles. The van der Waals surface area contributed by atoms with Gasteiger partial charge in [-0.1, -0.05) is 33.6 Å². The third kappa shape index (κ3) is 5.67. The minimum atomic E-state index is 0.522. The molecular weight excluding hydrogens is 594 g/mol. The number of rotatable bonds is 3. The second-order valence-corrected chi connectivity index (χ2v) is 11.4. The van der Waals surface area contributed by atoms with Crippen molar-refractivity contribution in [3.05, 3.63) is 124 Å². The molecule has 41 heavy (non-hydrogen) atoms. The van der Waals surface area contributed by atoms with Gasteiger partial charge in [0, 0.05) is 85.3 Å². The lowest BCUT2D eigenvalue weighted by Crippen LogP contribution is -1.86. The van der Waals surface area contributed by atoms with Crippen LogP contribution in [0.15, 0.2) is 102 Å². The largest absolute Gasteiger partial charge is 0.354 e. The molecular formula is C34H27BrClN5. The van der Waals surface area contributed by atoms with Gasteiger partial charge in [-0.15, -0.1) is 0 Å². The van der Waals surface area contributed by atoms with Gasteiger partial charge in [-0.2, -0.15) is 0 Å². The molecule has 5 heterocycles. The van der Waals surface area contributed by atoms with Crippen molar-refractivity contribution in [2.24, 2.45) is 0 Å². The average molecular weight is 621 g/mol. The van der Waals surface area contributed by atoms with Gasteiger partial charge in [0.1, 0.15) is 5.15 Å². The summed E-state index contributed by atoms with van der Waals surface area (Å²) in [7, 11) is 0. The van der Waals surface area contributed by atoms with E-state index in [1.807, 2.05) is 55.2 Å². The van der Waals surface area contributed by atoms with Crippen molar-refractivity contribution < 1.29 is 0 Å². The molecule has 0 bridgehead atoms. The normalized spacial score (nSPS) is 11.0. The predicted octanol–water partition coefficient (Wildman–Crippen LogP) is 9.86. The van der Waals surface area contributed by atoms with Crippen molar-refractivity contribution in [2.75, 3.05) is 0 Å². The summed E-state index contributed by atoms with van der Waals surface area (Å²) in [6.07, 6.45) is 9.26. The number of aromatic nitrogens is 5. The summed E-state index contributed by atoms with van der Waals surface area (Å²) in [5.74, 6) is 0. The van der Waals surface area contributed by atoms with Crippen LogP contribution in [-0.4, -0.2) is 24.9 Å². The van der Waals surface area contributed by atoms with E-state index in [1.165, 1.54) is 21.9 Å². The lowest BCUT2D eigenvalue weighted by atomic mass is 10.0. The highest BCUT2D eigenvalue weighted by atomic mass is 79.9. The summed E-state index contributed by atoms with van der Waals surface area (Å²) in [6.45, 7) is 6.24. The first-order chi connectivity index (χ1) is 19.9. The van der Waals surface area contributed by atoms with Gasteiger partial charge in [0.2, 0.25) is 0 Å². The summed E-state index contributed by atoms with van der Waals surface area (Å²) in [4.78, 5) is 19.5. The van der Waals surface area contributed by atoms with E-state index in [0.717, 1.165) is 54.7 Å². The summed E-state index contributed by atoms with van der Waals surface area (Å²) in [5, 5.41) is 2.89. The molecule has 7 rings (SSSR count). The van der Waals surface area contributed by atoms with Gasteiger partial charge < -0.3 is 9.97 Å². The Labute approximate surface area is 251 Å². The highest BCUT2D eigenvalue weighted by Crippen LogP contribution is 2.31. The third-order valence-electron chi connectivity index (χ3n) is 7.25. The Hall–Kier alpha value is -4.26. The summed E-state index contributed by atoms with van der Waals surface area (Å²) < 4.78 is 1.10. The van der Waals surface area contributed by atoms with Gasteiger partial charge >= 0.3 is 0 Å².